The van der Waals surface area contributed by atoms with E-state index in [0.29, 0.717) is 15.0 Å². The predicted octanol–water partition coefficient (Wildman–Crippen LogP) is 2.83. The lowest BCUT2D eigenvalue weighted by Gasteiger charge is -2.10. The Hall–Kier alpha value is -2.06. The molecule has 2 amide bonds. The van der Waals surface area contributed by atoms with E-state index >= 15 is 0 Å². The lowest BCUT2D eigenvalue weighted by molar-refractivity contribution is -0.312. The summed E-state index contributed by atoms with van der Waals surface area (Å²) in [7, 11) is 0. The van der Waals surface area contributed by atoms with Gasteiger partial charge in [0, 0.05) is 5.02 Å². The van der Waals surface area contributed by atoms with E-state index in [4.69, 9.17) is 11.6 Å². The number of aryl methyl sites for hydroxylation is 1. The first kappa shape index (κ1) is 15.8. The van der Waals surface area contributed by atoms with Crippen LogP contribution in [0.4, 0.5) is 0 Å². The summed E-state index contributed by atoms with van der Waals surface area (Å²) in [6.07, 6.45) is 0. The number of fused-ring (bicyclic) bond motifs is 1. The second kappa shape index (κ2) is 6.21. The fourth-order valence-electron chi connectivity index (χ4n) is 2.01. The maximum atomic E-state index is 12.1. The smallest absolute Gasteiger partial charge is 0.266 e. The molecular weight excluding hydrogens is 342 g/mol. The van der Waals surface area contributed by atoms with Crippen LogP contribution in [-0.4, -0.2) is 21.1 Å². The van der Waals surface area contributed by atoms with Gasteiger partial charge in [-0.3, -0.25) is 9.59 Å². The fourth-order valence-corrected chi connectivity index (χ4v) is 2.73. The molecule has 0 radical (unpaired) electrons. The lowest BCUT2D eigenvalue weighted by atomic mass is 10.1. The minimum atomic E-state index is -1.98. The summed E-state index contributed by atoms with van der Waals surface area (Å²) in [6.45, 7) is 1.88. The van der Waals surface area contributed by atoms with Gasteiger partial charge in [-0.2, -0.15) is 0 Å². The Labute approximate surface area is 139 Å². The summed E-state index contributed by atoms with van der Waals surface area (Å²) in [6, 6.07) is 10.9. The van der Waals surface area contributed by atoms with Crippen LogP contribution in [0.5, 0.6) is 0 Å². The van der Waals surface area contributed by atoms with Crippen LogP contribution in [0.15, 0.2) is 47.4 Å². The van der Waals surface area contributed by atoms with E-state index in [-0.39, 0.29) is 11.1 Å². The van der Waals surface area contributed by atoms with Crippen LogP contribution in [0.3, 0.4) is 0 Å². The van der Waals surface area contributed by atoms with Gasteiger partial charge in [-0.15, -0.1) is 9.40 Å². The van der Waals surface area contributed by atoms with Crippen molar-refractivity contribution in [2.75, 3.05) is 0 Å². The number of halogens is 1. The summed E-state index contributed by atoms with van der Waals surface area (Å²) in [5, 5.41) is 0.725. The van der Waals surface area contributed by atoms with Crippen LogP contribution < -0.4 is 0 Å². The number of rotatable bonds is 4. The third kappa shape index (κ3) is 3.04. The van der Waals surface area contributed by atoms with Crippen LogP contribution in [0.1, 0.15) is 26.3 Å². The van der Waals surface area contributed by atoms with Crippen molar-refractivity contribution in [1.29, 1.82) is 0 Å². The summed E-state index contributed by atoms with van der Waals surface area (Å²) in [4.78, 5) is 29.2. The van der Waals surface area contributed by atoms with Gasteiger partial charge < -0.3 is 0 Å². The zero-order chi connectivity index (χ0) is 16.6. The molecule has 0 saturated carbocycles. The van der Waals surface area contributed by atoms with E-state index in [0.717, 1.165) is 5.56 Å². The minimum absolute atomic E-state index is 0.104. The Balaban J connectivity index is 1.72. The van der Waals surface area contributed by atoms with Crippen LogP contribution in [0, 0.1) is 6.92 Å². The van der Waals surface area contributed by atoms with Gasteiger partial charge in [0.05, 0.1) is 16.0 Å². The van der Waals surface area contributed by atoms with Crippen molar-refractivity contribution in [2.24, 2.45) is 0 Å². The highest BCUT2D eigenvalue weighted by Gasteiger charge is 2.38. The number of hydrogen-bond acceptors (Lipinski definition) is 5. The molecule has 0 aromatic heterocycles. The maximum Gasteiger partial charge on any atom is 0.288 e. The van der Waals surface area contributed by atoms with E-state index in [9.17, 15) is 13.8 Å². The maximum absolute atomic E-state index is 12.1. The lowest BCUT2D eigenvalue weighted by Crippen LogP contribution is -2.30. The van der Waals surface area contributed by atoms with Gasteiger partial charge >= 0.3 is 0 Å². The largest absolute Gasteiger partial charge is 0.288 e. The first-order chi connectivity index (χ1) is 11.0. The number of imide groups is 1. The van der Waals surface area contributed by atoms with Crippen LogP contribution in [0.2, 0.25) is 5.02 Å². The van der Waals surface area contributed by atoms with Gasteiger partial charge in [0.25, 0.3) is 11.8 Å². The average molecular weight is 352 g/mol. The molecule has 1 aliphatic heterocycles. The number of carbonyl (C=O) groups excluding carboxylic acids is 2. The average Bonchev–Trinajstić information content (AvgIpc) is 2.77. The van der Waals surface area contributed by atoms with Gasteiger partial charge in [0.1, 0.15) is 0 Å². The summed E-state index contributed by atoms with van der Waals surface area (Å²) in [5.74, 6) is -1.43. The molecule has 0 bridgehead atoms. The Morgan fingerprint density at radius 2 is 1.65 bits per heavy atom. The molecule has 1 aliphatic rings. The Kier molecular flexibility index (Phi) is 4.27. The molecule has 1 atom stereocenters. The van der Waals surface area contributed by atoms with Crippen molar-refractivity contribution in [1.82, 2.24) is 5.06 Å². The number of amides is 2. The SMILES string of the molecule is Cc1ccc(S(=O)OON2C(=O)c3ccc(Cl)cc3C2=O)cc1. The van der Waals surface area contributed by atoms with Gasteiger partial charge in [0.2, 0.25) is 11.1 Å². The molecule has 0 N–H and O–H groups in total. The first-order valence-corrected chi connectivity index (χ1v) is 7.94. The second-order valence-electron chi connectivity index (χ2n) is 4.78. The molecule has 6 nitrogen and oxygen atoms in total. The highest BCUT2D eigenvalue weighted by atomic mass is 35.5. The quantitative estimate of drug-likeness (QED) is 0.481. The van der Waals surface area contributed by atoms with Gasteiger partial charge in [-0.25, -0.2) is 4.21 Å². The molecule has 0 aliphatic carbocycles. The molecule has 3 rings (SSSR count). The molecular formula is C15H10ClNO5S. The summed E-state index contributed by atoms with van der Waals surface area (Å²) in [5.41, 5.74) is 1.24. The topological polar surface area (TPSA) is 72.9 Å². The molecule has 2 aromatic carbocycles. The molecule has 1 unspecified atom stereocenters. The zero-order valence-corrected chi connectivity index (χ0v) is 13.4. The van der Waals surface area contributed by atoms with E-state index < -0.39 is 22.9 Å². The highest BCUT2D eigenvalue weighted by molar-refractivity contribution is 7.80. The van der Waals surface area contributed by atoms with E-state index in [1.807, 2.05) is 6.92 Å². The van der Waals surface area contributed by atoms with Crippen molar-refractivity contribution in [3.05, 3.63) is 64.2 Å². The molecule has 0 fully saturated rings. The van der Waals surface area contributed by atoms with E-state index in [1.54, 1.807) is 24.3 Å². The van der Waals surface area contributed by atoms with Crippen molar-refractivity contribution in [2.45, 2.75) is 11.8 Å². The number of carbonyl (C=O) groups is 2. The van der Waals surface area contributed by atoms with Crippen LogP contribution >= 0.6 is 11.6 Å². The number of hydrogen-bond donors (Lipinski definition) is 0. The van der Waals surface area contributed by atoms with Gasteiger partial charge in [-0.1, -0.05) is 34.3 Å². The van der Waals surface area contributed by atoms with Crippen molar-refractivity contribution in [3.8, 4) is 0 Å². The monoisotopic (exact) mass is 351 g/mol. The van der Waals surface area contributed by atoms with Crippen molar-refractivity contribution >= 4 is 34.5 Å². The molecule has 23 heavy (non-hydrogen) atoms. The summed E-state index contributed by atoms with van der Waals surface area (Å²) >= 11 is 3.82. The van der Waals surface area contributed by atoms with Gasteiger partial charge in [0.15, 0.2) is 0 Å². The third-order valence-corrected chi connectivity index (χ3v) is 4.27. The zero-order valence-electron chi connectivity index (χ0n) is 11.8. The Bertz CT molecular complexity index is 821. The fraction of sp³-hybridized carbons (Fsp3) is 0.0667. The predicted molar refractivity (Wildman–Crippen MR) is 81.7 cm³/mol. The van der Waals surface area contributed by atoms with Gasteiger partial charge in [-0.05, 0) is 37.3 Å². The Morgan fingerprint density at radius 1 is 1.00 bits per heavy atom. The van der Waals surface area contributed by atoms with E-state index in [2.05, 4.69) is 9.32 Å². The van der Waals surface area contributed by atoms with Crippen molar-refractivity contribution < 1.29 is 23.1 Å². The van der Waals surface area contributed by atoms with Crippen molar-refractivity contribution in [3.63, 3.8) is 0 Å². The Morgan fingerprint density at radius 3 is 2.35 bits per heavy atom. The minimum Gasteiger partial charge on any atom is -0.266 e. The normalized spacial score (nSPS) is 15.0. The van der Waals surface area contributed by atoms with E-state index in [1.165, 1.54) is 18.2 Å². The molecule has 1 heterocycles. The molecule has 0 spiro atoms. The standard InChI is InChI=1S/C15H10ClNO5S/c1-9-2-5-11(6-3-9)23(20)22-21-17-14(18)12-7-4-10(16)8-13(12)15(17)19/h2-8H,1H3. The molecule has 2 aromatic rings. The highest BCUT2D eigenvalue weighted by Crippen LogP contribution is 2.26. The first-order valence-electron chi connectivity index (χ1n) is 6.49. The summed E-state index contributed by atoms with van der Waals surface area (Å²) < 4.78 is 16.6. The number of hydroxylamine groups is 2. The molecule has 8 heteroatoms. The number of benzene rings is 2. The molecule has 0 saturated heterocycles. The second-order valence-corrected chi connectivity index (χ2v) is 6.30. The van der Waals surface area contributed by atoms with Crippen LogP contribution in [0.25, 0.3) is 0 Å². The number of nitrogens with zero attached hydrogens (tertiary/aromatic N) is 1. The third-order valence-electron chi connectivity index (χ3n) is 3.19. The molecule has 118 valence electrons. The van der Waals surface area contributed by atoms with Crippen LogP contribution in [-0.2, 0) is 20.4 Å².